The third-order valence-electron chi connectivity index (χ3n) is 2.90. The molecule has 4 nitrogen and oxygen atoms in total. The van der Waals surface area contributed by atoms with Crippen LogP contribution < -0.4 is 0 Å². The quantitative estimate of drug-likeness (QED) is 0.555. The van der Waals surface area contributed by atoms with Crippen molar-refractivity contribution in [2.24, 2.45) is 0 Å². The van der Waals surface area contributed by atoms with E-state index in [9.17, 15) is 0 Å². The van der Waals surface area contributed by atoms with Crippen LogP contribution in [0.25, 0.3) is 0 Å². The highest BCUT2D eigenvalue weighted by molar-refractivity contribution is 5.95. The fourth-order valence-electron chi connectivity index (χ4n) is 1.79. The Balaban J connectivity index is 2.06. The van der Waals surface area contributed by atoms with E-state index in [1.165, 1.54) is 0 Å². The summed E-state index contributed by atoms with van der Waals surface area (Å²) in [5, 5.41) is 8.06. The van der Waals surface area contributed by atoms with E-state index in [0.29, 0.717) is 11.6 Å². The Hall–Kier alpha value is -1.29. The van der Waals surface area contributed by atoms with Crippen molar-refractivity contribution in [3.63, 3.8) is 0 Å². The molecule has 0 aliphatic carbocycles. The number of nitrogens with zero attached hydrogens (tertiary/aromatic N) is 2. The van der Waals surface area contributed by atoms with Gasteiger partial charge in [-0.1, -0.05) is 0 Å². The number of hydrogen-bond acceptors (Lipinski definition) is 3. The summed E-state index contributed by atoms with van der Waals surface area (Å²) in [4.78, 5) is 4.35. The second kappa shape index (κ2) is 4.06. The van der Waals surface area contributed by atoms with E-state index >= 15 is 0 Å². The van der Waals surface area contributed by atoms with Gasteiger partial charge in [0.25, 0.3) is 0 Å². The van der Waals surface area contributed by atoms with Crippen LogP contribution in [0.15, 0.2) is 16.7 Å². The van der Waals surface area contributed by atoms with Crippen LogP contribution in [0.5, 0.6) is 0 Å². The van der Waals surface area contributed by atoms with Crippen LogP contribution in [0.3, 0.4) is 0 Å². The first-order chi connectivity index (χ1) is 7.18. The van der Waals surface area contributed by atoms with Gasteiger partial charge >= 0.3 is 0 Å². The lowest BCUT2D eigenvalue weighted by Gasteiger charge is -2.33. The van der Waals surface area contributed by atoms with Crippen LogP contribution in [-0.2, 0) is 0 Å². The fraction of sp³-hybridized carbons (Fsp3) is 0.545. The van der Waals surface area contributed by atoms with Gasteiger partial charge in [0.1, 0.15) is 0 Å². The van der Waals surface area contributed by atoms with E-state index in [2.05, 4.69) is 16.8 Å². The van der Waals surface area contributed by atoms with Crippen molar-refractivity contribution in [3.8, 4) is 0 Å². The van der Waals surface area contributed by atoms with Gasteiger partial charge in [-0.25, -0.2) is 0 Å². The second-order valence-electron chi connectivity index (χ2n) is 4.07. The lowest BCUT2D eigenvalue weighted by Crippen LogP contribution is -2.47. The zero-order valence-corrected chi connectivity index (χ0v) is 9.29. The van der Waals surface area contributed by atoms with Gasteiger partial charge in [0.15, 0.2) is 11.6 Å². The number of likely N-dealkylation sites (N-methyl/N-ethyl adjacent to an activating group) is 1. The number of amidine groups is 1. The van der Waals surface area contributed by atoms with E-state index < -0.39 is 0 Å². The van der Waals surface area contributed by atoms with Crippen molar-refractivity contribution in [1.29, 1.82) is 5.41 Å². The summed E-state index contributed by atoms with van der Waals surface area (Å²) < 4.78 is 5.33. The Morgan fingerprint density at radius 2 is 2.00 bits per heavy atom. The molecule has 2 heterocycles. The first kappa shape index (κ1) is 10.2. The third-order valence-corrected chi connectivity index (χ3v) is 2.90. The van der Waals surface area contributed by atoms with Crippen LogP contribution in [0.2, 0.25) is 0 Å². The van der Waals surface area contributed by atoms with Gasteiger partial charge in [-0.2, -0.15) is 0 Å². The summed E-state index contributed by atoms with van der Waals surface area (Å²) >= 11 is 0. The zero-order chi connectivity index (χ0) is 10.8. The molecule has 1 aromatic rings. The number of nitrogens with one attached hydrogen (secondary N) is 1. The standard InChI is InChI=1S/C11H17N3O/c1-9-3-8-15-10(9)11(12)14-6-4-13(2)5-7-14/h3,8,12H,4-7H2,1-2H3. The van der Waals surface area contributed by atoms with Gasteiger partial charge in [0.2, 0.25) is 0 Å². The predicted octanol–water partition coefficient (Wildman–Crippen LogP) is 1.16. The highest BCUT2D eigenvalue weighted by Gasteiger charge is 2.20. The zero-order valence-electron chi connectivity index (χ0n) is 9.29. The van der Waals surface area contributed by atoms with Crippen molar-refractivity contribution in [3.05, 3.63) is 23.7 Å². The van der Waals surface area contributed by atoms with Crippen molar-refractivity contribution in [1.82, 2.24) is 9.80 Å². The number of piperazine rings is 1. The van der Waals surface area contributed by atoms with E-state index in [4.69, 9.17) is 9.83 Å². The molecule has 1 aromatic heterocycles. The second-order valence-corrected chi connectivity index (χ2v) is 4.07. The minimum Gasteiger partial charge on any atom is -0.461 e. The molecule has 82 valence electrons. The average Bonchev–Trinajstić information content (AvgIpc) is 2.65. The molecule has 2 rings (SSSR count). The SMILES string of the molecule is Cc1ccoc1C(=N)N1CCN(C)CC1. The minimum absolute atomic E-state index is 0.519. The molecule has 0 atom stereocenters. The minimum atomic E-state index is 0.519. The highest BCUT2D eigenvalue weighted by atomic mass is 16.3. The Kier molecular flexibility index (Phi) is 2.77. The molecule has 0 spiro atoms. The molecule has 1 N–H and O–H groups in total. The monoisotopic (exact) mass is 207 g/mol. The maximum atomic E-state index is 8.06. The highest BCUT2D eigenvalue weighted by Crippen LogP contribution is 2.13. The maximum Gasteiger partial charge on any atom is 0.171 e. The van der Waals surface area contributed by atoms with Crippen molar-refractivity contribution < 1.29 is 4.42 Å². The number of aryl methyl sites for hydroxylation is 1. The molecule has 1 aliphatic rings. The Morgan fingerprint density at radius 1 is 1.33 bits per heavy atom. The first-order valence-electron chi connectivity index (χ1n) is 5.25. The van der Waals surface area contributed by atoms with E-state index in [1.54, 1.807) is 6.26 Å². The van der Waals surface area contributed by atoms with Crippen LogP contribution in [0, 0.1) is 12.3 Å². The summed E-state index contributed by atoms with van der Waals surface area (Å²) in [6, 6.07) is 1.90. The molecule has 0 aromatic carbocycles. The van der Waals surface area contributed by atoms with Crippen molar-refractivity contribution in [2.45, 2.75) is 6.92 Å². The van der Waals surface area contributed by atoms with E-state index in [0.717, 1.165) is 31.7 Å². The van der Waals surface area contributed by atoms with E-state index in [-0.39, 0.29) is 0 Å². The molecule has 4 heteroatoms. The fourth-order valence-corrected chi connectivity index (χ4v) is 1.79. The number of furan rings is 1. The molecule has 0 bridgehead atoms. The molecule has 1 saturated heterocycles. The maximum absolute atomic E-state index is 8.06. The van der Waals surface area contributed by atoms with Gasteiger partial charge < -0.3 is 14.2 Å². The summed E-state index contributed by atoms with van der Waals surface area (Å²) in [7, 11) is 2.11. The molecule has 0 amide bonds. The van der Waals surface area contributed by atoms with Crippen molar-refractivity contribution in [2.75, 3.05) is 33.2 Å². The topological polar surface area (TPSA) is 43.5 Å². The molecule has 15 heavy (non-hydrogen) atoms. The van der Waals surface area contributed by atoms with Gasteiger partial charge in [-0.15, -0.1) is 0 Å². The predicted molar refractivity (Wildman–Crippen MR) is 59.3 cm³/mol. The van der Waals surface area contributed by atoms with Crippen molar-refractivity contribution >= 4 is 5.84 Å². The third kappa shape index (κ3) is 2.04. The normalized spacial score (nSPS) is 18.1. The van der Waals surface area contributed by atoms with Gasteiger partial charge in [-0.3, -0.25) is 5.41 Å². The molecule has 1 aliphatic heterocycles. The molecule has 0 saturated carbocycles. The van der Waals surface area contributed by atoms with Crippen LogP contribution >= 0.6 is 0 Å². The van der Waals surface area contributed by atoms with Gasteiger partial charge in [0, 0.05) is 26.2 Å². The lowest BCUT2D eigenvalue weighted by molar-refractivity contribution is 0.213. The molecule has 1 fully saturated rings. The van der Waals surface area contributed by atoms with Gasteiger partial charge in [0.05, 0.1) is 6.26 Å². The Morgan fingerprint density at radius 3 is 2.53 bits per heavy atom. The molecular formula is C11H17N3O. The Labute approximate surface area is 90.0 Å². The largest absolute Gasteiger partial charge is 0.461 e. The summed E-state index contributed by atoms with van der Waals surface area (Å²) in [6.07, 6.45) is 1.65. The van der Waals surface area contributed by atoms with Crippen LogP contribution in [-0.4, -0.2) is 48.9 Å². The van der Waals surface area contributed by atoms with E-state index in [1.807, 2.05) is 13.0 Å². The van der Waals surface area contributed by atoms with Crippen LogP contribution in [0.1, 0.15) is 11.3 Å². The molecular weight excluding hydrogens is 190 g/mol. The first-order valence-corrected chi connectivity index (χ1v) is 5.25. The Bertz CT molecular complexity index is 350. The average molecular weight is 207 g/mol. The van der Waals surface area contributed by atoms with Gasteiger partial charge in [-0.05, 0) is 25.6 Å². The summed E-state index contributed by atoms with van der Waals surface area (Å²) in [5.74, 6) is 1.23. The summed E-state index contributed by atoms with van der Waals surface area (Å²) in [5.41, 5.74) is 1.04. The van der Waals surface area contributed by atoms with Crippen LogP contribution in [0.4, 0.5) is 0 Å². The smallest absolute Gasteiger partial charge is 0.171 e. The number of rotatable bonds is 1. The summed E-state index contributed by atoms with van der Waals surface area (Å²) in [6.45, 7) is 5.83. The number of hydrogen-bond donors (Lipinski definition) is 1. The molecule has 0 unspecified atom stereocenters. The lowest BCUT2D eigenvalue weighted by atomic mass is 10.2. The molecule has 0 radical (unpaired) electrons.